The van der Waals surface area contributed by atoms with Crippen LogP contribution in [0.1, 0.15) is 18.1 Å². The summed E-state index contributed by atoms with van der Waals surface area (Å²) in [5.74, 6) is -1.45. The molecule has 1 atom stereocenters. The molecular formula is C13H13ClO6. The minimum Gasteiger partial charge on any atom is -0.480 e. The smallest absolute Gasteiger partial charge is 0.321 e. The van der Waals surface area contributed by atoms with Crippen LogP contribution < -0.4 is 4.74 Å². The fourth-order valence-electron chi connectivity index (χ4n) is 1.51. The molecule has 0 aromatic heterocycles. The molecule has 0 heterocycles. The Morgan fingerprint density at radius 1 is 1.45 bits per heavy atom. The number of rotatable bonds is 7. The Morgan fingerprint density at radius 2 is 2.15 bits per heavy atom. The molecule has 108 valence electrons. The van der Waals surface area contributed by atoms with E-state index in [9.17, 15) is 14.4 Å². The second-order valence-electron chi connectivity index (χ2n) is 3.95. The number of hydrogen-bond acceptors (Lipinski definition) is 5. The first-order chi connectivity index (χ1) is 9.43. The van der Waals surface area contributed by atoms with E-state index in [0.717, 1.165) is 0 Å². The fraction of sp³-hybridized carbons (Fsp3) is 0.308. The van der Waals surface area contributed by atoms with Crippen LogP contribution in [0.2, 0.25) is 0 Å². The zero-order valence-electron chi connectivity index (χ0n) is 10.7. The third-order valence-electron chi connectivity index (χ3n) is 2.38. The predicted octanol–water partition coefficient (Wildman–Crippen LogP) is 1.52. The highest BCUT2D eigenvalue weighted by Gasteiger charge is 2.16. The first kappa shape index (κ1) is 16.0. The van der Waals surface area contributed by atoms with Gasteiger partial charge >= 0.3 is 11.9 Å². The maximum Gasteiger partial charge on any atom is 0.321 e. The van der Waals surface area contributed by atoms with Gasteiger partial charge in [-0.25, -0.2) is 0 Å². The summed E-state index contributed by atoms with van der Waals surface area (Å²) < 4.78 is 9.61. The number of carboxylic acids is 1. The number of carboxylic acid groups (broad SMARTS) is 1. The van der Waals surface area contributed by atoms with E-state index >= 15 is 0 Å². The molecule has 0 saturated heterocycles. The van der Waals surface area contributed by atoms with Crippen LogP contribution in [-0.2, 0) is 32.1 Å². The Morgan fingerprint density at radius 3 is 2.70 bits per heavy atom. The first-order valence-corrected chi connectivity index (χ1v) is 6.10. The highest BCUT2D eigenvalue weighted by atomic mass is 35.5. The van der Waals surface area contributed by atoms with Crippen LogP contribution in [0.5, 0.6) is 5.75 Å². The van der Waals surface area contributed by atoms with Gasteiger partial charge in [-0.2, -0.15) is 0 Å². The van der Waals surface area contributed by atoms with E-state index in [1.165, 1.54) is 13.0 Å². The Labute approximate surface area is 120 Å². The number of ether oxygens (including phenoxy) is 2. The van der Waals surface area contributed by atoms with Crippen LogP contribution in [0.4, 0.5) is 0 Å². The Balaban J connectivity index is 2.96. The number of alkyl halides is 1. The van der Waals surface area contributed by atoms with Crippen LogP contribution in [0.3, 0.4) is 0 Å². The summed E-state index contributed by atoms with van der Waals surface area (Å²) in [7, 11) is 0. The van der Waals surface area contributed by atoms with E-state index in [-0.39, 0.29) is 25.2 Å². The van der Waals surface area contributed by atoms with E-state index < -0.39 is 17.3 Å². The van der Waals surface area contributed by atoms with Gasteiger partial charge in [0, 0.05) is 12.5 Å². The summed E-state index contributed by atoms with van der Waals surface area (Å²) in [6, 6.07) is 4.72. The quantitative estimate of drug-likeness (QED) is 0.355. The number of benzene rings is 1. The number of hydrogen-bond donors (Lipinski definition) is 1. The molecule has 0 aliphatic heterocycles. The Hall–Kier alpha value is -2.08. The van der Waals surface area contributed by atoms with Crippen LogP contribution in [0, 0.1) is 0 Å². The summed E-state index contributed by atoms with van der Waals surface area (Å²) in [6.45, 7) is 1.47. The highest BCUT2D eigenvalue weighted by molar-refractivity contribution is 6.29. The zero-order chi connectivity index (χ0) is 15.1. The number of carbonyl (C=O) groups is 3. The maximum atomic E-state index is 11.0. The third kappa shape index (κ3) is 4.89. The molecule has 7 heteroatoms. The summed E-state index contributed by atoms with van der Waals surface area (Å²) in [5.41, 5.74) is 1.09. The van der Waals surface area contributed by atoms with Gasteiger partial charge in [0.05, 0.1) is 0 Å². The lowest BCUT2D eigenvalue weighted by Gasteiger charge is -2.11. The molecule has 1 N–H and O–H groups in total. The molecule has 0 spiro atoms. The molecule has 20 heavy (non-hydrogen) atoms. The number of carbonyl (C=O) groups excluding carboxylic acids is 2. The highest BCUT2D eigenvalue weighted by Crippen LogP contribution is 2.23. The van der Waals surface area contributed by atoms with E-state index in [1.807, 2.05) is 0 Å². The number of halogens is 1. The van der Waals surface area contributed by atoms with Crippen molar-refractivity contribution in [3.8, 4) is 5.75 Å². The van der Waals surface area contributed by atoms with Crippen molar-refractivity contribution in [2.24, 2.45) is 0 Å². The molecule has 6 nitrogen and oxygen atoms in total. The topological polar surface area (TPSA) is 89.9 Å². The molecule has 1 rings (SSSR count). The number of aliphatic carboxylic acids is 1. The zero-order valence-corrected chi connectivity index (χ0v) is 11.4. The van der Waals surface area contributed by atoms with Gasteiger partial charge < -0.3 is 14.6 Å². The lowest BCUT2D eigenvalue weighted by atomic mass is 10.1. The van der Waals surface area contributed by atoms with Crippen molar-refractivity contribution in [2.45, 2.75) is 25.3 Å². The Kier molecular flexibility index (Phi) is 5.99. The van der Waals surface area contributed by atoms with Gasteiger partial charge in [-0.1, -0.05) is 12.1 Å². The molecule has 0 fully saturated rings. The van der Waals surface area contributed by atoms with Crippen LogP contribution in [0.15, 0.2) is 18.2 Å². The molecule has 1 aromatic rings. The fourth-order valence-corrected chi connectivity index (χ4v) is 1.69. The second kappa shape index (κ2) is 7.49. The average Bonchev–Trinajstić information content (AvgIpc) is 2.37. The monoisotopic (exact) mass is 300 g/mol. The minimum absolute atomic E-state index is 0.0460. The van der Waals surface area contributed by atoms with Crippen molar-refractivity contribution >= 4 is 30.0 Å². The molecule has 0 aliphatic rings. The van der Waals surface area contributed by atoms with E-state index in [0.29, 0.717) is 11.1 Å². The first-order valence-electron chi connectivity index (χ1n) is 5.66. The van der Waals surface area contributed by atoms with Gasteiger partial charge in [0.2, 0.25) is 0 Å². The molecule has 0 aliphatic carbocycles. The molecule has 0 radical (unpaired) electrons. The van der Waals surface area contributed by atoms with E-state index in [2.05, 4.69) is 4.74 Å². The minimum atomic E-state index is -1.13. The normalized spacial score (nSPS) is 11.5. The van der Waals surface area contributed by atoms with Gasteiger partial charge in [-0.3, -0.25) is 14.4 Å². The van der Waals surface area contributed by atoms with E-state index in [4.69, 9.17) is 21.4 Å². The molecule has 1 aromatic carbocycles. The summed E-state index contributed by atoms with van der Waals surface area (Å²) >= 11 is 5.65. The summed E-state index contributed by atoms with van der Waals surface area (Å²) in [6.07, 6.45) is 0.0833. The predicted molar refractivity (Wildman–Crippen MR) is 69.6 cm³/mol. The standard InChI is InChI=1S/C13H13ClO6/c1-8(16)20-12-5-9(4-11(14)13(17)18)2-3-10(12)6-19-7-15/h2-3,5,7,11H,4,6H2,1H3,(H,17,18). The SMILES string of the molecule is CC(=O)Oc1cc(CC(Cl)C(=O)O)ccc1COC=O. The summed E-state index contributed by atoms with van der Waals surface area (Å²) in [4.78, 5) is 31.9. The average molecular weight is 301 g/mol. The lowest BCUT2D eigenvalue weighted by molar-refractivity contribution is -0.136. The van der Waals surface area contributed by atoms with Crippen molar-refractivity contribution in [1.82, 2.24) is 0 Å². The molecule has 0 bridgehead atoms. The third-order valence-corrected chi connectivity index (χ3v) is 2.72. The van der Waals surface area contributed by atoms with Crippen molar-refractivity contribution < 1.29 is 29.0 Å². The van der Waals surface area contributed by atoms with Gasteiger partial charge in [0.25, 0.3) is 6.47 Å². The van der Waals surface area contributed by atoms with Crippen molar-refractivity contribution in [2.75, 3.05) is 0 Å². The van der Waals surface area contributed by atoms with Crippen LogP contribution in [0.25, 0.3) is 0 Å². The van der Waals surface area contributed by atoms with Gasteiger partial charge in [-0.05, 0) is 18.1 Å². The molecular weight excluding hydrogens is 288 g/mol. The van der Waals surface area contributed by atoms with Gasteiger partial charge in [0.1, 0.15) is 17.7 Å². The Bertz CT molecular complexity index is 514. The molecule has 1 unspecified atom stereocenters. The van der Waals surface area contributed by atoms with Crippen molar-refractivity contribution in [3.05, 3.63) is 29.3 Å². The van der Waals surface area contributed by atoms with Crippen molar-refractivity contribution in [3.63, 3.8) is 0 Å². The second-order valence-corrected chi connectivity index (χ2v) is 4.48. The maximum absolute atomic E-state index is 11.0. The largest absolute Gasteiger partial charge is 0.480 e. The van der Waals surface area contributed by atoms with Gasteiger partial charge in [-0.15, -0.1) is 11.6 Å². The lowest BCUT2D eigenvalue weighted by Crippen LogP contribution is -2.16. The van der Waals surface area contributed by atoms with Crippen LogP contribution in [-0.4, -0.2) is 28.9 Å². The van der Waals surface area contributed by atoms with Crippen LogP contribution >= 0.6 is 11.6 Å². The van der Waals surface area contributed by atoms with Crippen molar-refractivity contribution in [1.29, 1.82) is 0 Å². The van der Waals surface area contributed by atoms with Gasteiger partial charge in [0.15, 0.2) is 0 Å². The molecule has 0 amide bonds. The summed E-state index contributed by atoms with van der Waals surface area (Å²) in [5, 5.41) is 7.68. The van der Waals surface area contributed by atoms with E-state index in [1.54, 1.807) is 12.1 Å². The molecule has 0 saturated carbocycles. The number of esters is 1.